The fourth-order valence-electron chi connectivity index (χ4n) is 3.08. The molecule has 0 fully saturated rings. The van der Waals surface area contributed by atoms with Crippen molar-refractivity contribution in [1.29, 1.82) is 0 Å². The van der Waals surface area contributed by atoms with Crippen LogP contribution in [0.2, 0.25) is 0 Å². The van der Waals surface area contributed by atoms with Crippen molar-refractivity contribution in [3.8, 4) is 5.75 Å². The summed E-state index contributed by atoms with van der Waals surface area (Å²) >= 11 is 0. The molecule has 2 aromatic carbocycles. The molecule has 0 spiro atoms. The van der Waals surface area contributed by atoms with E-state index in [1.165, 1.54) is 11.1 Å². The molecule has 132 valence electrons. The number of hydrogen-bond donors (Lipinski definition) is 1. The molecule has 0 saturated heterocycles. The second-order valence-corrected chi connectivity index (χ2v) is 6.54. The highest BCUT2D eigenvalue weighted by molar-refractivity contribution is 5.75. The van der Waals surface area contributed by atoms with Gasteiger partial charge in [-0.3, -0.25) is 0 Å². The normalized spacial score (nSPS) is 12.5. The lowest BCUT2D eigenvalue weighted by atomic mass is 10.1. The molecule has 1 unspecified atom stereocenters. The van der Waals surface area contributed by atoms with Crippen LogP contribution in [0.1, 0.15) is 42.8 Å². The molecule has 3 aromatic rings. The van der Waals surface area contributed by atoms with Crippen LogP contribution in [0.15, 0.2) is 42.5 Å². The summed E-state index contributed by atoms with van der Waals surface area (Å²) in [6.07, 6.45) is 1.36. The lowest BCUT2D eigenvalue weighted by Crippen LogP contribution is -2.08. The first-order chi connectivity index (χ1) is 12.1. The quantitative estimate of drug-likeness (QED) is 0.642. The summed E-state index contributed by atoms with van der Waals surface area (Å²) in [6, 6.07) is 14.2. The van der Waals surface area contributed by atoms with Crippen LogP contribution in [0.5, 0.6) is 5.75 Å². The molecule has 0 amide bonds. The SMILES string of the molecule is Cc1cccc(OCCCCn2c(C(C)O)nc3ccccc32)c1C. The number of aliphatic hydroxyl groups is 1. The first kappa shape index (κ1) is 17.5. The molecule has 0 bridgehead atoms. The van der Waals surface area contributed by atoms with Crippen molar-refractivity contribution in [3.63, 3.8) is 0 Å². The predicted octanol–water partition coefficient (Wildman–Crippen LogP) is 4.57. The van der Waals surface area contributed by atoms with Crippen molar-refractivity contribution in [3.05, 3.63) is 59.4 Å². The number of ether oxygens (including phenoxy) is 1. The molecule has 0 aliphatic heterocycles. The Morgan fingerprint density at radius 3 is 2.68 bits per heavy atom. The Morgan fingerprint density at radius 2 is 1.88 bits per heavy atom. The Balaban J connectivity index is 1.60. The van der Waals surface area contributed by atoms with Gasteiger partial charge in [-0.1, -0.05) is 24.3 Å². The van der Waals surface area contributed by atoms with Gasteiger partial charge >= 0.3 is 0 Å². The lowest BCUT2D eigenvalue weighted by Gasteiger charge is -2.12. The Morgan fingerprint density at radius 1 is 1.08 bits per heavy atom. The van der Waals surface area contributed by atoms with E-state index < -0.39 is 6.10 Å². The van der Waals surface area contributed by atoms with Crippen molar-refractivity contribution in [2.75, 3.05) is 6.61 Å². The number of imidazole rings is 1. The van der Waals surface area contributed by atoms with Gasteiger partial charge in [-0.2, -0.15) is 0 Å². The van der Waals surface area contributed by atoms with Gasteiger partial charge in [0.05, 0.1) is 17.6 Å². The molecule has 4 heteroatoms. The van der Waals surface area contributed by atoms with Gasteiger partial charge in [-0.05, 0) is 62.9 Å². The highest BCUT2D eigenvalue weighted by atomic mass is 16.5. The summed E-state index contributed by atoms with van der Waals surface area (Å²) in [7, 11) is 0. The van der Waals surface area contributed by atoms with Crippen LogP contribution in [0, 0.1) is 13.8 Å². The highest BCUT2D eigenvalue weighted by Gasteiger charge is 2.14. The minimum absolute atomic E-state index is 0.571. The molecule has 1 aromatic heterocycles. The first-order valence-corrected chi connectivity index (χ1v) is 8.90. The second kappa shape index (κ2) is 7.70. The van der Waals surface area contributed by atoms with Gasteiger partial charge in [0.2, 0.25) is 0 Å². The number of benzene rings is 2. The Labute approximate surface area is 149 Å². The number of para-hydroxylation sites is 2. The van der Waals surface area contributed by atoms with Crippen molar-refractivity contribution in [2.24, 2.45) is 0 Å². The average Bonchev–Trinajstić information content (AvgIpc) is 2.97. The Bertz CT molecular complexity index is 852. The van der Waals surface area contributed by atoms with Gasteiger partial charge < -0.3 is 14.4 Å². The van der Waals surface area contributed by atoms with E-state index in [-0.39, 0.29) is 0 Å². The number of aromatic nitrogens is 2. The summed E-state index contributed by atoms with van der Waals surface area (Å²) in [5, 5.41) is 10.0. The van der Waals surface area contributed by atoms with Gasteiger partial charge in [0.25, 0.3) is 0 Å². The summed E-state index contributed by atoms with van der Waals surface area (Å²) < 4.78 is 8.05. The lowest BCUT2D eigenvalue weighted by molar-refractivity contribution is 0.184. The van der Waals surface area contributed by atoms with E-state index in [2.05, 4.69) is 35.5 Å². The molecule has 25 heavy (non-hydrogen) atoms. The smallest absolute Gasteiger partial charge is 0.138 e. The number of aliphatic hydroxyl groups excluding tert-OH is 1. The van der Waals surface area contributed by atoms with Crippen molar-refractivity contribution < 1.29 is 9.84 Å². The molecule has 0 radical (unpaired) electrons. The molecule has 1 atom stereocenters. The van der Waals surface area contributed by atoms with Gasteiger partial charge in [0.1, 0.15) is 17.7 Å². The Kier molecular flexibility index (Phi) is 5.39. The fraction of sp³-hybridized carbons (Fsp3) is 0.381. The van der Waals surface area contributed by atoms with Gasteiger partial charge in [0, 0.05) is 6.54 Å². The minimum atomic E-state index is -0.571. The van der Waals surface area contributed by atoms with Gasteiger partial charge in [-0.25, -0.2) is 4.98 Å². The third-order valence-electron chi connectivity index (χ3n) is 4.65. The van der Waals surface area contributed by atoms with Gasteiger partial charge in [-0.15, -0.1) is 0 Å². The highest BCUT2D eigenvalue weighted by Crippen LogP contribution is 2.22. The summed E-state index contributed by atoms with van der Waals surface area (Å²) in [5.74, 6) is 1.70. The average molecular weight is 338 g/mol. The molecule has 0 aliphatic rings. The second-order valence-electron chi connectivity index (χ2n) is 6.54. The van der Waals surface area contributed by atoms with Crippen LogP contribution in [0.25, 0.3) is 11.0 Å². The maximum atomic E-state index is 10.0. The molecular weight excluding hydrogens is 312 g/mol. The molecule has 4 nitrogen and oxygen atoms in total. The van der Waals surface area contributed by atoms with Crippen LogP contribution in [-0.2, 0) is 6.54 Å². The van der Waals surface area contributed by atoms with Crippen LogP contribution in [0.3, 0.4) is 0 Å². The van der Waals surface area contributed by atoms with E-state index in [0.29, 0.717) is 6.61 Å². The number of aryl methyl sites for hydroxylation is 2. The number of nitrogens with zero attached hydrogens (tertiary/aromatic N) is 2. The van der Waals surface area contributed by atoms with Crippen molar-refractivity contribution in [1.82, 2.24) is 9.55 Å². The molecule has 1 N–H and O–H groups in total. The first-order valence-electron chi connectivity index (χ1n) is 8.90. The zero-order chi connectivity index (χ0) is 17.8. The van der Waals surface area contributed by atoms with E-state index in [4.69, 9.17) is 4.74 Å². The van der Waals surface area contributed by atoms with E-state index in [1.807, 2.05) is 30.3 Å². The standard InChI is InChI=1S/C21H26N2O2/c1-15-9-8-12-20(16(15)2)25-14-7-6-13-23-19-11-5-4-10-18(19)22-21(23)17(3)24/h4-5,8-12,17,24H,6-7,13-14H2,1-3H3. The number of rotatable bonds is 7. The van der Waals surface area contributed by atoms with E-state index in [0.717, 1.165) is 42.0 Å². The fourth-order valence-corrected chi connectivity index (χ4v) is 3.08. The maximum Gasteiger partial charge on any atom is 0.138 e. The molecular formula is C21H26N2O2. The predicted molar refractivity (Wildman–Crippen MR) is 101 cm³/mol. The maximum absolute atomic E-state index is 10.0. The third kappa shape index (κ3) is 3.85. The monoisotopic (exact) mass is 338 g/mol. The molecule has 0 aliphatic carbocycles. The summed E-state index contributed by atoms with van der Waals surface area (Å²) in [4.78, 5) is 4.56. The van der Waals surface area contributed by atoms with E-state index >= 15 is 0 Å². The third-order valence-corrected chi connectivity index (χ3v) is 4.65. The van der Waals surface area contributed by atoms with Crippen LogP contribution >= 0.6 is 0 Å². The van der Waals surface area contributed by atoms with E-state index in [1.54, 1.807) is 6.92 Å². The molecule has 3 rings (SSSR count). The summed E-state index contributed by atoms with van der Waals surface area (Å²) in [5.41, 5.74) is 4.47. The largest absolute Gasteiger partial charge is 0.493 e. The van der Waals surface area contributed by atoms with Crippen LogP contribution in [0.4, 0.5) is 0 Å². The van der Waals surface area contributed by atoms with Crippen LogP contribution < -0.4 is 4.74 Å². The number of unbranched alkanes of at least 4 members (excludes halogenated alkanes) is 1. The van der Waals surface area contributed by atoms with Crippen molar-refractivity contribution >= 4 is 11.0 Å². The van der Waals surface area contributed by atoms with E-state index in [9.17, 15) is 5.11 Å². The number of hydrogen-bond acceptors (Lipinski definition) is 3. The summed E-state index contributed by atoms with van der Waals surface area (Å²) in [6.45, 7) is 7.49. The molecule has 0 saturated carbocycles. The van der Waals surface area contributed by atoms with Crippen molar-refractivity contribution in [2.45, 2.75) is 46.3 Å². The Hall–Kier alpha value is -2.33. The number of fused-ring (bicyclic) bond motifs is 1. The zero-order valence-electron chi connectivity index (χ0n) is 15.2. The van der Waals surface area contributed by atoms with Gasteiger partial charge in [0.15, 0.2) is 0 Å². The molecule has 1 heterocycles. The topological polar surface area (TPSA) is 47.3 Å². The minimum Gasteiger partial charge on any atom is -0.493 e. The van der Waals surface area contributed by atoms with Crippen LogP contribution in [-0.4, -0.2) is 21.3 Å². The zero-order valence-corrected chi connectivity index (χ0v) is 15.2.